The molecule has 0 spiro atoms. The number of aromatic nitrogens is 1. The predicted molar refractivity (Wildman–Crippen MR) is 76.3 cm³/mol. The number of halogens is 2. The number of rotatable bonds is 4. The van der Waals surface area contributed by atoms with Crippen LogP contribution in [0, 0.1) is 5.95 Å². The quantitative estimate of drug-likeness (QED) is 0.879. The fourth-order valence-electron chi connectivity index (χ4n) is 1.90. The van der Waals surface area contributed by atoms with E-state index >= 15 is 0 Å². The second-order valence-electron chi connectivity index (χ2n) is 4.55. The van der Waals surface area contributed by atoms with Crippen LogP contribution in [-0.4, -0.2) is 16.9 Å². The van der Waals surface area contributed by atoms with Crippen molar-refractivity contribution in [3.05, 3.63) is 64.7 Å². The summed E-state index contributed by atoms with van der Waals surface area (Å²) in [4.78, 5) is 15.4. The zero-order valence-electron chi connectivity index (χ0n) is 10.9. The van der Waals surface area contributed by atoms with Crippen molar-refractivity contribution in [2.75, 3.05) is 0 Å². The number of carbonyl (C=O) groups is 1. The van der Waals surface area contributed by atoms with Gasteiger partial charge in [0.15, 0.2) is 0 Å². The highest BCUT2D eigenvalue weighted by molar-refractivity contribution is 6.30. The second kappa shape index (κ2) is 6.48. The number of hydrogen-bond acceptors (Lipinski definition) is 2. The Kier molecular flexibility index (Phi) is 4.69. The molecular weight excluding hydrogens is 279 g/mol. The van der Waals surface area contributed by atoms with Gasteiger partial charge in [-0.25, -0.2) is 4.98 Å². The van der Waals surface area contributed by atoms with E-state index in [-0.39, 0.29) is 17.6 Å². The number of nitrogens with one attached hydrogen (secondary N) is 1. The lowest BCUT2D eigenvalue weighted by Gasteiger charge is -2.13. The molecule has 1 atom stereocenters. The van der Waals surface area contributed by atoms with Crippen molar-refractivity contribution in [1.29, 1.82) is 0 Å². The molecule has 0 aliphatic heterocycles. The molecule has 0 saturated carbocycles. The van der Waals surface area contributed by atoms with Crippen LogP contribution in [0.25, 0.3) is 0 Å². The van der Waals surface area contributed by atoms with Crippen LogP contribution in [0.2, 0.25) is 5.02 Å². The van der Waals surface area contributed by atoms with E-state index in [2.05, 4.69) is 10.3 Å². The summed E-state index contributed by atoms with van der Waals surface area (Å²) in [7, 11) is 0. The van der Waals surface area contributed by atoms with Crippen LogP contribution >= 0.6 is 11.6 Å². The Hall–Kier alpha value is -1.94. The summed E-state index contributed by atoms with van der Waals surface area (Å²) >= 11 is 5.91. The maximum Gasteiger partial charge on any atom is 0.270 e. The number of hydrogen-bond donors (Lipinski definition) is 1. The van der Waals surface area contributed by atoms with Crippen LogP contribution in [0.5, 0.6) is 0 Å². The molecule has 5 heteroatoms. The van der Waals surface area contributed by atoms with Crippen LogP contribution in [0.3, 0.4) is 0 Å². The summed E-state index contributed by atoms with van der Waals surface area (Å²) in [6, 6.07) is 11.5. The van der Waals surface area contributed by atoms with Gasteiger partial charge >= 0.3 is 0 Å². The van der Waals surface area contributed by atoms with E-state index in [1.54, 1.807) is 6.07 Å². The van der Waals surface area contributed by atoms with Crippen molar-refractivity contribution in [3.63, 3.8) is 0 Å². The number of benzene rings is 1. The summed E-state index contributed by atoms with van der Waals surface area (Å²) in [6.07, 6.45) is 0.640. The molecule has 1 amide bonds. The van der Waals surface area contributed by atoms with Crippen molar-refractivity contribution < 1.29 is 9.18 Å². The van der Waals surface area contributed by atoms with Crippen LogP contribution < -0.4 is 5.32 Å². The third-order valence-corrected chi connectivity index (χ3v) is 2.99. The Balaban J connectivity index is 1.97. The van der Waals surface area contributed by atoms with E-state index in [4.69, 9.17) is 11.6 Å². The lowest BCUT2D eigenvalue weighted by molar-refractivity contribution is 0.0934. The molecule has 1 aromatic carbocycles. The van der Waals surface area contributed by atoms with Crippen LogP contribution in [-0.2, 0) is 6.42 Å². The Labute approximate surface area is 121 Å². The van der Waals surface area contributed by atoms with Gasteiger partial charge < -0.3 is 5.32 Å². The molecule has 0 fully saturated rings. The molecule has 1 heterocycles. The van der Waals surface area contributed by atoms with E-state index in [1.165, 1.54) is 18.2 Å². The summed E-state index contributed by atoms with van der Waals surface area (Å²) in [5, 5.41) is 3.44. The predicted octanol–water partition coefficient (Wildman–Crippen LogP) is 3.24. The molecule has 2 rings (SSSR count). The van der Waals surface area contributed by atoms with Gasteiger partial charge in [-0.3, -0.25) is 4.79 Å². The highest BCUT2D eigenvalue weighted by Gasteiger charge is 2.12. The van der Waals surface area contributed by atoms with Gasteiger partial charge in [-0.05, 0) is 43.2 Å². The van der Waals surface area contributed by atoms with Crippen molar-refractivity contribution in [2.24, 2.45) is 0 Å². The van der Waals surface area contributed by atoms with E-state index in [1.807, 2.05) is 25.1 Å². The molecule has 20 heavy (non-hydrogen) atoms. The lowest BCUT2D eigenvalue weighted by atomic mass is 10.1. The number of pyridine rings is 1. The number of carbonyl (C=O) groups excluding carboxylic acids is 1. The summed E-state index contributed by atoms with van der Waals surface area (Å²) < 4.78 is 13.0. The van der Waals surface area contributed by atoms with Gasteiger partial charge in [0.05, 0.1) is 0 Å². The van der Waals surface area contributed by atoms with Gasteiger partial charge in [-0.15, -0.1) is 0 Å². The maximum absolute atomic E-state index is 13.0. The molecule has 1 aromatic heterocycles. The van der Waals surface area contributed by atoms with Gasteiger partial charge in [-0.1, -0.05) is 29.8 Å². The standard InChI is InChI=1S/C15H14ClFN2O/c1-10(8-11-4-2-5-12(16)9-11)18-15(20)13-6-3-7-14(17)19-13/h2-7,9-10H,8H2,1H3,(H,18,20). The Morgan fingerprint density at radius 1 is 1.35 bits per heavy atom. The van der Waals surface area contributed by atoms with Gasteiger partial charge in [0.1, 0.15) is 5.69 Å². The molecule has 1 N–H and O–H groups in total. The largest absolute Gasteiger partial charge is 0.348 e. The fraction of sp³-hybridized carbons (Fsp3) is 0.200. The zero-order chi connectivity index (χ0) is 14.5. The fourth-order valence-corrected chi connectivity index (χ4v) is 2.11. The van der Waals surface area contributed by atoms with Crippen LogP contribution in [0.1, 0.15) is 23.0 Å². The third-order valence-electron chi connectivity index (χ3n) is 2.76. The second-order valence-corrected chi connectivity index (χ2v) is 4.99. The van der Waals surface area contributed by atoms with E-state index in [9.17, 15) is 9.18 Å². The smallest absolute Gasteiger partial charge is 0.270 e. The van der Waals surface area contributed by atoms with Crippen LogP contribution in [0.15, 0.2) is 42.5 Å². The molecule has 0 saturated heterocycles. The molecule has 1 unspecified atom stereocenters. The average Bonchev–Trinajstić information content (AvgIpc) is 2.38. The molecule has 0 aliphatic carbocycles. The Morgan fingerprint density at radius 2 is 2.10 bits per heavy atom. The number of nitrogens with zero attached hydrogens (tertiary/aromatic N) is 1. The van der Waals surface area contributed by atoms with Crippen molar-refractivity contribution in [1.82, 2.24) is 10.3 Å². The molecule has 3 nitrogen and oxygen atoms in total. The molecule has 104 valence electrons. The highest BCUT2D eigenvalue weighted by atomic mass is 35.5. The number of amides is 1. The molecule has 0 bridgehead atoms. The highest BCUT2D eigenvalue weighted by Crippen LogP contribution is 2.12. The zero-order valence-corrected chi connectivity index (χ0v) is 11.7. The SMILES string of the molecule is CC(Cc1cccc(Cl)c1)NC(=O)c1cccc(F)n1. The summed E-state index contributed by atoms with van der Waals surface area (Å²) in [5.41, 5.74) is 1.10. The van der Waals surface area contributed by atoms with Crippen LogP contribution in [0.4, 0.5) is 4.39 Å². The topological polar surface area (TPSA) is 42.0 Å². The van der Waals surface area contributed by atoms with Crippen molar-refractivity contribution in [2.45, 2.75) is 19.4 Å². The molecule has 0 aliphatic rings. The van der Waals surface area contributed by atoms with Crippen molar-refractivity contribution >= 4 is 17.5 Å². The minimum absolute atomic E-state index is 0.0722. The van der Waals surface area contributed by atoms with Crippen molar-refractivity contribution in [3.8, 4) is 0 Å². The van der Waals surface area contributed by atoms with Gasteiger partial charge in [0.25, 0.3) is 5.91 Å². The van der Waals surface area contributed by atoms with E-state index < -0.39 is 5.95 Å². The monoisotopic (exact) mass is 292 g/mol. The Morgan fingerprint density at radius 3 is 2.80 bits per heavy atom. The first-order chi connectivity index (χ1) is 9.54. The van der Waals surface area contributed by atoms with E-state index in [0.29, 0.717) is 11.4 Å². The van der Waals surface area contributed by atoms with E-state index in [0.717, 1.165) is 5.56 Å². The maximum atomic E-state index is 13.0. The summed E-state index contributed by atoms with van der Waals surface area (Å²) in [6.45, 7) is 1.87. The first-order valence-corrected chi connectivity index (χ1v) is 6.60. The van der Waals surface area contributed by atoms with Gasteiger partial charge in [0.2, 0.25) is 5.95 Å². The van der Waals surface area contributed by atoms with Gasteiger partial charge in [0, 0.05) is 11.1 Å². The minimum atomic E-state index is -0.667. The first-order valence-electron chi connectivity index (χ1n) is 6.22. The summed E-state index contributed by atoms with van der Waals surface area (Å²) in [5.74, 6) is -1.06. The molecular formula is C15H14ClFN2O. The lowest BCUT2D eigenvalue weighted by Crippen LogP contribution is -2.34. The normalized spacial score (nSPS) is 11.9. The minimum Gasteiger partial charge on any atom is -0.348 e. The molecule has 2 aromatic rings. The van der Waals surface area contributed by atoms with Gasteiger partial charge in [-0.2, -0.15) is 4.39 Å². The third kappa shape index (κ3) is 4.03. The molecule has 0 radical (unpaired) electrons. The average molecular weight is 293 g/mol. The first kappa shape index (κ1) is 14.5. The Bertz CT molecular complexity index is 618.